The van der Waals surface area contributed by atoms with Crippen molar-refractivity contribution < 1.29 is 14.0 Å². The average Bonchev–Trinajstić information content (AvgIpc) is 2.92. The van der Waals surface area contributed by atoms with Crippen LogP contribution < -0.4 is 21.9 Å². The van der Waals surface area contributed by atoms with Crippen molar-refractivity contribution in [2.24, 2.45) is 0 Å². The molecular formula is C29H29FN4O4. The second-order valence-electron chi connectivity index (χ2n) is 8.94. The molecule has 0 unspecified atom stereocenters. The topological polar surface area (TPSA) is 102 Å². The van der Waals surface area contributed by atoms with Gasteiger partial charge in [0.2, 0.25) is 11.8 Å². The van der Waals surface area contributed by atoms with E-state index in [0.29, 0.717) is 42.4 Å². The molecule has 4 rings (SSSR count). The van der Waals surface area contributed by atoms with Gasteiger partial charge in [0.1, 0.15) is 12.4 Å². The smallest absolute Gasteiger partial charge is 0.331 e. The zero-order chi connectivity index (χ0) is 26.9. The molecule has 0 saturated heterocycles. The monoisotopic (exact) mass is 516 g/mol. The van der Waals surface area contributed by atoms with E-state index in [4.69, 9.17) is 0 Å². The van der Waals surface area contributed by atoms with Crippen LogP contribution in [0.15, 0.2) is 88.5 Å². The third-order valence-corrected chi connectivity index (χ3v) is 6.18. The molecule has 196 valence electrons. The highest BCUT2D eigenvalue weighted by molar-refractivity contribution is 5.90. The Morgan fingerprint density at radius 2 is 1.50 bits per heavy atom. The molecule has 8 nitrogen and oxygen atoms in total. The number of unbranched alkanes of at least 4 members (excludes halogenated alkanes) is 1. The van der Waals surface area contributed by atoms with E-state index in [1.54, 1.807) is 24.3 Å². The lowest BCUT2D eigenvalue weighted by molar-refractivity contribution is -0.121. The van der Waals surface area contributed by atoms with Crippen molar-refractivity contribution in [3.63, 3.8) is 0 Å². The number of para-hydroxylation sites is 1. The number of anilines is 1. The Labute approximate surface area is 218 Å². The van der Waals surface area contributed by atoms with Crippen molar-refractivity contribution >= 4 is 28.4 Å². The van der Waals surface area contributed by atoms with Gasteiger partial charge in [-0.05, 0) is 61.2 Å². The first-order chi connectivity index (χ1) is 18.4. The van der Waals surface area contributed by atoms with Gasteiger partial charge in [-0.15, -0.1) is 0 Å². The van der Waals surface area contributed by atoms with Gasteiger partial charge in [-0.25, -0.2) is 9.18 Å². The number of carbonyl (C=O) groups is 2. The summed E-state index contributed by atoms with van der Waals surface area (Å²) >= 11 is 0. The van der Waals surface area contributed by atoms with E-state index < -0.39 is 11.2 Å². The molecule has 0 aliphatic rings. The fourth-order valence-electron chi connectivity index (χ4n) is 4.22. The molecule has 0 bridgehead atoms. The maximum atomic E-state index is 13.3. The highest BCUT2D eigenvalue weighted by atomic mass is 19.1. The van der Waals surface area contributed by atoms with Crippen LogP contribution in [0, 0.1) is 5.82 Å². The number of amides is 2. The quantitative estimate of drug-likeness (QED) is 0.298. The largest absolute Gasteiger partial charge is 0.354 e. The van der Waals surface area contributed by atoms with Gasteiger partial charge in [0.25, 0.3) is 5.56 Å². The lowest BCUT2D eigenvalue weighted by atomic mass is 10.1. The summed E-state index contributed by atoms with van der Waals surface area (Å²) in [7, 11) is 0. The number of fused-ring (bicyclic) bond motifs is 1. The zero-order valence-electron chi connectivity index (χ0n) is 20.9. The van der Waals surface area contributed by atoms with E-state index in [9.17, 15) is 23.6 Å². The summed E-state index contributed by atoms with van der Waals surface area (Å²) in [6, 6.07) is 21.9. The molecular weight excluding hydrogens is 487 g/mol. The molecule has 1 heterocycles. The average molecular weight is 517 g/mol. The van der Waals surface area contributed by atoms with Gasteiger partial charge in [0, 0.05) is 25.2 Å². The number of halogens is 1. The van der Waals surface area contributed by atoms with Crippen molar-refractivity contribution in [2.45, 2.75) is 38.8 Å². The normalized spacial score (nSPS) is 10.9. The van der Waals surface area contributed by atoms with E-state index >= 15 is 0 Å². The summed E-state index contributed by atoms with van der Waals surface area (Å²) in [5.74, 6) is -0.956. The fraction of sp³-hybridized carbons (Fsp3) is 0.241. The first kappa shape index (κ1) is 26.5. The Hall–Kier alpha value is -4.53. The molecule has 1 aromatic heterocycles. The SMILES string of the molecule is O=C(Cn1c(=O)n(CCCCC(=O)Nc2ccc(F)cc2)c(=O)c2ccccc21)NCCc1ccccc1. The lowest BCUT2D eigenvalue weighted by Gasteiger charge is -2.14. The summed E-state index contributed by atoms with van der Waals surface area (Å²) in [5, 5.41) is 5.88. The van der Waals surface area contributed by atoms with Crippen LogP contribution in [0.2, 0.25) is 0 Å². The predicted molar refractivity (Wildman–Crippen MR) is 145 cm³/mol. The number of aromatic nitrogens is 2. The van der Waals surface area contributed by atoms with Gasteiger partial charge in [-0.3, -0.25) is 23.5 Å². The van der Waals surface area contributed by atoms with Gasteiger partial charge in [0.15, 0.2) is 0 Å². The number of hydrogen-bond donors (Lipinski definition) is 2. The molecule has 0 radical (unpaired) electrons. The number of rotatable bonds is 11. The van der Waals surface area contributed by atoms with Crippen LogP contribution in [-0.4, -0.2) is 27.5 Å². The number of hydrogen-bond acceptors (Lipinski definition) is 4. The Bertz CT molecular complexity index is 1530. The standard InChI is InChI=1S/C29H29FN4O4/c30-22-13-15-23(16-14-22)32-26(35)12-6-7-19-33-28(37)24-10-4-5-11-25(24)34(29(33)38)20-27(36)31-18-17-21-8-2-1-3-9-21/h1-5,8-11,13-16H,6-7,12,17-20H2,(H,31,36)(H,32,35). The summed E-state index contributed by atoms with van der Waals surface area (Å²) in [4.78, 5) is 51.2. The summed E-state index contributed by atoms with van der Waals surface area (Å²) < 4.78 is 15.5. The fourth-order valence-corrected chi connectivity index (χ4v) is 4.22. The van der Waals surface area contributed by atoms with Crippen LogP contribution in [0.1, 0.15) is 24.8 Å². The summed E-state index contributed by atoms with van der Waals surface area (Å²) in [6.07, 6.45) is 1.69. The lowest BCUT2D eigenvalue weighted by Crippen LogP contribution is -2.42. The number of benzene rings is 3. The van der Waals surface area contributed by atoms with Crippen LogP contribution in [-0.2, 0) is 29.1 Å². The third-order valence-electron chi connectivity index (χ3n) is 6.18. The van der Waals surface area contributed by atoms with Crippen LogP contribution in [0.3, 0.4) is 0 Å². The molecule has 3 aromatic carbocycles. The predicted octanol–water partition coefficient (Wildman–Crippen LogP) is 3.47. The minimum Gasteiger partial charge on any atom is -0.354 e. The molecule has 38 heavy (non-hydrogen) atoms. The Balaban J connectivity index is 1.40. The molecule has 0 saturated carbocycles. The number of nitrogens with zero attached hydrogens (tertiary/aromatic N) is 2. The Kier molecular flexibility index (Phi) is 8.81. The second kappa shape index (κ2) is 12.6. The molecule has 0 atom stereocenters. The van der Waals surface area contributed by atoms with Crippen molar-refractivity contribution in [3.8, 4) is 0 Å². The van der Waals surface area contributed by atoms with Gasteiger partial charge >= 0.3 is 5.69 Å². The minimum absolute atomic E-state index is 0.113. The van der Waals surface area contributed by atoms with Crippen molar-refractivity contribution in [1.82, 2.24) is 14.5 Å². The van der Waals surface area contributed by atoms with E-state index in [1.165, 1.54) is 28.8 Å². The van der Waals surface area contributed by atoms with E-state index in [1.807, 2.05) is 30.3 Å². The number of carbonyl (C=O) groups excluding carboxylic acids is 2. The van der Waals surface area contributed by atoms with Crippen molar-refractivity contribution in [2.75, 3.05) is 11.9 Å². The van der Waals surface area contributed by atoms with E-state index in [2.05, 4.69) is 10.6 Å². The molecule has 4 aromatic rings. The van der Waals surface area contributed by atoms with Gasteiger partial charge in [-0.1, -0.05) is 42.5 Å². The third kappa shape index (κ3) is 6.82. The van der Waals surface area contributed by atoms with Crippen molar-refractivity contribution in [1.29, 1.82) is 0 Å². The highest BCUT2D eigenvalue weighted by Gasteiger charge is 2.15. The van der Waals surface area contributed by atoms with E-state index in [0.717, 1.165) is 10.1 Å². The van der Waals surface area contributed by atoms with Crippen LogP contribution in [0.4, 0.5) is 10.1 Å². The Morgan fingerprint density at radius 3 is 2.26 bits per heavy atom. The van der Waals surface area contributed by atoms with Crippen LogP contribution in [0.5, 0.6) is 0 Å². The molecule has 2 amide bonds. The number of nitrogens with one attached hydrogen (secondary N) is 2. The maximum absolute atomic E-state index is 13.3. The van der Waals surface area contributed by atoms with Crippen LogP contribution >= 0.6 is 0 Å². The first-order valence-electron chi connectivity index (χ1n) is 12.5. The zero-order valence-corrected chi connectivity index (χ0v) is 20.9. The molecule has 0 spiro atoms. The van der Waals surface area contributed by atoms with Gasteiger partial charge in [-0.2, -0.15) is 0 Å². The highest BCUT2D eigenvalue weighted by Crippen LogP contribution is 2.11. The molecule has 0 aliphatic heterocycles. The van der Waals surface area contributed by atoms with E-state index in [-0.39, 0.29) is 37.1 Å². The minimum atomic E-state index is -0.567. The summed E-state index contributed by atoms with van der Waals surface area (Å²) in [5.41, 5.74) is 0.989. The Morgan fingerprint density at radius 1 is 0.789 bits per heavy atom. The molecule has 0 fully saturated rings. The summed E-state index contributed by atoms with van der Waals surface area (Å²) in [6.45, 7) is 0.325. The van der Waals surface area contributed by atoms with Crippen LogP contribution in [0.25, 0.3) is 10.9 Å². The maximum Gasteiger partial charge on any atom is 0.331 e. The molecule has 0 aliphatic carbocycles. The second-order valence-corrected chi connectivity index (χ2v) is 8.94. The molecule has 2 N–H and O–H groups in total. The van der Waals surface area contributed by atoms with Gasteiger partial charge in [0.05, 0.1) is 10.9 Å². The van der Waals surface area contributed by atoms with Crippen molar-refractivity contribution in [3.05, 3.63) is 111 Å². The van der Waals surface area contributed by atoms with Gasteiger partial charge < -0.3 is 10.6 Å². The molecule has 9 heteroatoms. The first-order valence-corrected chi connectivity index (χ1v) is 12.5.